The molecule has 0 radical (unpaired) electrons. The molecular formula is C21H20N4O4S. The highest BCUT2D eigenvalue weighted by Gasteiger charge is 2.29. The van der Waals surface area contributed by atoms with E-state index in [0.29, 0.717) is 35.5 Å². The summed E-state index contributed by atoms with van der Waals surface area (Å²) in [6.45, 7) is 4.14. The number of nitrogens with zero attached hydrogens (tertiary/aromatic N) is 2. The van der Waals surface area contributed by atoms with Crippen LogP contribution in [0.15, 0.2) is 34.9 Å². The Morgan fingerprint density at radius 1 is 1.20 bits per heavy atom. The van der Waals surface area contributed by atoms with Gasteiger partial charge in [-0.2, -0.15) is 0 Å². The van der Waals surface area contributed by atoms with E-state index < -0.39 is 15.9 Å². The molecule has 3 N–H and O–H groups in total. The molecule has 9 heteroatoms. The molecule has 0 unspecified atom stereocenters. The molecule has 1 aliphatic heterocycles. The number of aromatic amines is 1. The Morgan fingerprint density at radius 2 is 2.00 bits per heavy atom. The number of primary amides is 1. The number of hydrogen-bond acceptors (Lipinski definition) is 5. The minimum absolute atomic E-state index is 0.157. The average Bonchev–Trinajstić information content (AvgIpc) is 3.34. The molecule has 30 heavy (non-hydrogen) atoms. The number of carbonyl (C=O) groups is 1. The number of aryl methyl sites for hydroxylation is 2. The minimum atomic E-state index is -3.28. The molecule has 3 heterocycles. The first-order chi connectivity index (χ1) is 14.3. The molecule has 0 aliphatic carbocycles. The molecular weight excluding hydrogens is 404 g/mol. The molecule has 0 bridgehead atoms. The highest BCUT2D eigenvalue weighted by Crippen LogP contribution is 2.37. The van der Waals surface area contributed by atoms with Gasteiger partial charge in [-0.3, -0.25) is 9.10 Å². The van der Waals surface area contributed by atoms with E-state index in [0.717, 1.165) is 33.1 Å². The number of sulfonamides is 1. The van der Waals surface area contributed by atoms with Crippen molar-refractivity contribution >= 4 is 43.4 Å². The maximum Gasteiger partial charge on any atom is 0.250 e. The van der Waals surface area contributed by atoms with Crippen LogP contribution in [0.5, 0.6) is 0 Å². The number of hydrogen-bond donors (Lipinski definition) is 2. The lowest BCUT2D eigenvalue weighted by Gasteiger charge is -2.16. The lowest BCUT2D eigenvalue weighted by Crippen LogP contribution is -2.24. The normalized spacial score (nSPS) is 16.0. The van der Waals surface area contributed by atoms with Crippen LogP contribution in [0.3, 0.4) is 0 Å². The second-order valence-corrected chi connectivity index (χ2v) is 9.62. The van der Waals surface area contributed by atoms with Gasteiger partial charge in [0.25, 0.3) is 5.91 Å². The summed E-state index contributed by atoms with van der Waals surface area (Å²) in [6, 6.07) is 9.18. The Balaban J connectivity index is 1.77. The van der Waals surface area contributed by atoms with E-state index in [1.54, 1.807) is 18.2 Å². The molecule has 0 atom stereocenters. The Morgan fingerprint density at radius 3 is 2.63 bits per heavy atom. The molecule has 2 aromatic carbocycles. The SMILES string of the molecule is Cc1noc(C)c1-c1cc(C(N)=O)c2[nH]c3cc(N4CCCS4(=O)=O)ccc3c2c1. The average molecular weight is 424 g/mol. The number of fused-ring (bicyclic) bond motifs is 3. The van der Waals surface area contributed by atoms with Crippen LogP contribution in [-0.2, 0) is 10.0 Å². The van der Waals surface area contributed by atoms with E-state index in [1.807, 2.05) is 26.0 Å². The van der Waals surface area contributed by atoms with Gasteiger partial charge in [0.15, 0.2) is 0 Å². The Hall–Kier alpha value is -3.33. The smallest absolute Gasteiger partial charge is 0.250 e. The summed E-state index contributed by atoms with van der Waals surface area (Å²) in [4.78, 5) is 15.5. The quantitative estimate of drug-likeness (QED) is 0.523. The third-order valence-corrected chi connectivity index (χ3v) is 7.54. The van der Waals surface area contributed by atoms with Gasteiger partial charge in [0.05, 0.1) is 28.2 Å². The zero-order chi connectivity index (χ0) is 21.2. The number of H-pyrrole nitrogens is 1. The topological polar surface area (TPSA) is 122 Å². The van der Waals surface area contributed by atoms with Crippen molar-refractivity contribution in [2.75, 3.05) is 16.6 Å². The van der Waals surface area contributed by atoms with Gasteiger partial charge >= 0.3 is 0 Å². The Labute approximate surface area is 172 Å². The van der Waals surface area contributed by atoms with Crippen molar-refractivity contribution in [1.29, 1.82) is 0 Å². The molecule has 1 saturated heterocycles. The van der Waals surface area contributed by atoms with E-state index in [1.165, 1.54) is 4.31 Å². The third kappa shape index (κ3) is 2.69. The summed E-state index contributed by atoms with van der Waals surface area (Å²) in [5.41, 5.74) is 10.3. The summed E-state index contributed by atoms with van der Waals surface area (Å²) in [5, 5.41) is 5.71. The van der Waals surface area contributed by atoms with Gasteiger partial charge in [0.2, 0.25) is 10.0 Å². The van der Waals surface area contributed by atoms with Crippen LogP contribution in [0.4, 0.5) is 5.69 Å². The first-order valence-corrected chi connectivity index (χ1v) is 11.2. The lowest BCUT2D eigenvalue weighted by molar-refractivity contribution is 0.100. The van der Waals surface area contributed by atoms with Crippen LogP contribution < -0.4 is 10.0 Å². The van der Waals surface area contributed by atoms with Crippen LogP contribution in [0.25, 0.3) is 32.9 Å². The molecule has 1 amide bonds. The second kappa shape index (κ2) is 6.33. The van der Waals surface area contributed by atoms with E-state index in [4.69, 9.17) is 10.3 Å². The molecule has 0 saturated carbocycles. The maximum atomic E-state index is 12.3. The van der Waals surface area contributed by atoms with E-state index in [2.05, 4.69) is 10.1 Å². The van der Waals surface area contributed by atoms with Crippen molar-refractivity contribution in [2.24, 2.45) is 5.73 Å². The van der Waals surface area contributed by atoms with Gasteiger partial charge in [-0.25, -0.2) is 8.42 Å². The summed E-state index contributed by atoms with van der Waals surface area (Å²) >= 11 is 0. The molecule has 5 rings (SSSR count). The summed E-state index contributed by atoms with van der Waals surface area (Å²) < 4.78 is 31.3. The monoisotopic (exact) mass is 424 g/mol. The van der Waals surface area contributed by atoms with Crippen molar-refractivity contribution in [3.8, 4) is 11.1 Å². The number of anilines is 1. The standard InChI is InChI=1S/C21H20N4O4S/c1-11-19(12(2)29-24-11)13-8-16-15-5-4-14(25-6-3-7-30(25,27)28)10-18(15)23-20(16)17(9-13)21(22)26/h4-5,8-10,23H,3,6-7H2,1-2H3,(H2,22,26). The van der Waals surface area contributed by atoms with Crippen molar-refractivity contribution in [2.45, 2.75) is 20.3 Å². The zero-order valence-corrected chi connectivity index (χ0v) is 17.3. The number of nitrogens with two attached hydrogens (primary N) is 1. The van der Waals surface area contributed by atoms with E-state index in [9.17, 15) is 13.2 Å². The third-order valence-electron chi connectivity index (χ3n) is 5.67. The fourth-order valence-electron chi connectivity index (χ4n) is 4.31. The van der Waals surface area contributed by atoms with E-state index >= 15 is 0 Å². The van der Waals surface area contributed by atoms with Crippen LogP contribution in [0.2, 0.25) is 0 Å². The predicted molar refractivity (Wildman–Crippen MR) is 115 cm³/mol. The molecule has 4 aromatic rings. The number of carbonyl (C=O) groups excluding carboxylic acids is 1. The van der Waals surface area contributed by atoms with Gasteiger partial charge in [-0.05, 0) is 50.1 Å². The van der Waals surface area contributed by atoms with Crippen LogP contribution in [-0.4, -0.2) is 36.8 Å². The molecule has 2 aromatic heterocycles. The van der Waals surface area contributed by atoms with Gasteiger partial charge in [-0.15, -0.1) is 0 Å². The number of nitrogens with one attached hydrogen (secondary N) is 1. The van der Waals surface area contributed by atoms with Crippen LogP contribution >= 0.6 is 0 Å². The van der Waals surface area contributed by atoms with Gasteiger partial charge < -0.3 is 15.2 Å². The number of benzene rings is 2. The van der Waals surface area contributed by atoms with Crippen molar-refractivity contribution in [3.63, 3.8) is 0 Å². The number of aromatic nitrogens is 2. The Bertz CT molecular complexity index is 1430. The molecule has 1 fully saturated rings. The van der Waals surface area contributed by atoms with Crippen molar-refractivity contribution in [1.82, 2.24) is 10.1 Å². The first kappa shape index (κ1) is 18.7. The predicted octanol–water partition coefficient (Wildman–Crippen LogP) is 3.23. The summed E-state index contributed by atoms with van der Waals surface area (Å²) in [6.07, 6.45) is 0.611. The highest BCUT2D eigenvalue weighted by molar-refractivity contribution is 7.93. The maximum absolute atomic E-state index is 12.3. The summed E-state index contributed by atoms with van der Waals surface area (Å²) in [5.74, 6) is 0.260. The zero-order valence-electron chi connectivity index (χ0n) is 16.5. The van der Waals surface area contributed by atoms with Crippen LogP contribution in [0.1, 0.15) is 28.2 Å². The summed E-state index contributed by atoms with van der Waals surface area (Å²) in [7, 11) is -3.28. The fourth-order valence-corrected chi connectivity index (χ4v) is 5.87. The molecule has 8 nitrogen and oxygen atoms in total. The van der Waals surface area contributed by atoms with Crippen LogP contribution in [0, 0.1) is 13.8 Å². The van der Waals surface area contributed by atoms with Gasteiger partial charge in [-0.1, -0.05) is 11.2 Å². The largest absolute Gasteiger partial charge is 0.366 e. The number of amides is 1. The van der Waals surface area contributed by atoms with Gasteiger partial charge in [0.1, 0.15) is 5.76 Å². The first-order valence-electron chi connectivity index (χ1n) is 9.59. The van der Waals surface area contributed by atoms with Crippen molar-refractivity contribution < 1.29 is 17.7 Å². The number of rotatable bonds is 3. The minimum Gasteiger partial charge on any atom is -0.366 e. The Kier molecular flexibility index (Phi) is 3.94. The highest BCUT2D eigenvalue weighted by atomic mass is 32.2. The second-order valence-electron chi connectivity index (χ2n) is 7.61. The van der Waals surface area contributed by atoms with Crippen molar-refractivity contribution in [3.05, 3.63) is 47.3 Å². The molecule has 0 spiro atoms. The molecule has 1 aliphatic rings. The van der Waals surface area contributed by atoms with Gasteiger partial charge in [0, 0.05) is 28.4 Å². The molecule has 154 valence electrons. The van der Waals surface area contributed by atoms with E-state index in [-0.39, 0.29) is 5.75 Å². The fraction of sp³-hybridized carbons (Fsp3) is 0.238. The lowest BCUT2D eigenvalue weighted by atomic mass is 9.98.